The molecule has 0 atom stereocenters. The zero-order chi connectivity index (χ0) is 14.8. The maximum atomic E-state index is 13.5. The van der Waals surface area contributed by atoms with Crippen LogP contribution in [0.3, 0.4) is 0 Å². The van der Waals surface area contributed by atoms with Crippen molar-refractivity contribution in [2.24, 2.45) is 0 Å². The van der Waals surface area contributed by atoms with E-state index in [0.717, 1.165) is 43.6 Å². The molecule has 4 heteroatoms. The smallest absolute Gasteiger partial charge is 0.123 e. The molecule has 0 radical (unpaired) electrons. The van der Waals surface area contributed by atoms with Crippen molar-refractivity contribution in [1.29, 1.82) is 0 Å². The van der Waals surface area contributed by atoms with E-state index in [-0.39, 0.29) is 11.6 Å². The molecule has 0 unspecified atom stereocenters. The fourth-order valence-corrected chi connectivity index (χ4v) is 3.24. The average Bonchev–Trinajstić information content (AvgIpc) is 3.02. The van der Waals surface area contributed by atoms with Crippen LogP contribution < -0.4 is 0 Å². The van der Waals surface area contributed by atoms with Crippen molar-refractivity contribution in [2.45, 2.75) is 0 Å². The number of hydrogen-bond acceptors (Lipinski definition) is 0. The van der Waals surface area contributed by atoms with Crippen LogP contribution in [0.1, 0.15) is 0 Å². The van der Waals surface area contributed by atoms with Gasteiger partial charge in [-0.3, -0.25) is 0 Å². The van der Waals surface area contributed by atoms with Gasteiger partial charge >= 0.3 is 0 Å². The van der Waals surface area contributed by atoms with Gasteiger partial charge in [0.2, 0.25) is 0 Å². The number of aromatic nitrogens is 2. The molecule has 0 saturated carbocycles. The highest BCUT2D eigenvalue weighted by Gasteiger charge is 2.11. The molecule has 106 valence electrons. The molecule has 2 N–H and O–H groups in total. The Morgan fingerprint density at radius 2 is 0.955 bits per heavy atom. The van der Waals surface area contributed by atoms with Crippen molar-refractivity contribution in [1.82, 2.24) is 9.97 Å². The number of rotatable bonds is 0. The maximum absolute atomic E-state index is 13.5. The Hall–Kier alpha value is -2.88. The zero-order valence-electron chi connectivity index (χ0n) is 11.4. The summed E-state index contributed by atoms with van der Waals surface area (Å²) in [7, 11) is 0. The highest BCUT2D eigenvalue weighted by atomic mass is 19.1. The molecule has 2 nitrogen and oxygen atoms in total. The number of benzene rings is 3. The Labute approximate surface area is 123 Å². The van der Waals surface area contributed by atoms with Crippen LogP contribution in [0, 0.1) is 11.6 Å². The maximum Gasteiger partial charge on any atom is 0.123 e. The van der Waals surface area contributed by atoms with Gasteiger partial charge in [-0.2, -0.15) is 0 Å². The molecule has 0 spiro atoms. The van der Waals surface area contributed by atoms with Gasteiger partial charge in [-0.15, -0.1) is 0 Å². The molecule has 2 aromatic heterocycles. The van der Waals surface area contributed by atoms with Crippen LogP contribution in [0.5, 0.6) is 0 Å². The van der Waals surface area contributed by atoms with Crippen LogP contribution in [-0.4, -0.2) is 9.97 Å². The zero-order valence-corrected chi connectivity index (χ0v) is 11.4. The summed E-state index contributed by atoms with van der Waals surface area (Å²) >= 11 is 0. The van der Waals surface area contributed by atoms with E-state index >= 15 is 0 Å². The summed E-state index contributed by atoms with van der Waals surface area (Å²) in [5.74, 6) is -0.531. The van der Waals surface area contributed by atoms with E-state index in [1.54, 1.807) is 12.1 Å². The fraction of sp³-hybridized carbons (Fsp3) is 0. The first-order chi connectivity index (χ1) is 10.7. The second-order valence-electron chi connectivity index (χ2n) is 5.57. The minimum atomic E-state index is -0.265. The molecule has 5 aromatic rings. The number of fused-ring (bicyclic) bond motifs is 6. The van der Waals surface area contributed by atoms with Crippen molar-refractivity contribution >= 4 is 43.6 Å². The van der Waals surface area contributed by atoms with Crippen LogP contribution in [0.25, 0.3) is 43.6 Å². The lowest BCUT2D eigenvalue weighted by Gasteiger charge is -1.95. The molecule has 0 saturated heterocycles. The predicted octanol–water partition coefficient (Wildman–Crippen LogP) is 5.23. The molecule has 0 amide bonds. The van der Waals surface area contributed by atoms with Gasteiger partial charge in [0, 0.05) is 43.6 Å². The Bertz CT molecular complexity index is 1110. The lowest BCUT2D eigenvalue weighted by atomic mass is 10.1. The van der Waals surface area contributed by atoms with Crippen molar-refractivity contribution in [3.8, 4) is 0 Å². The fourth-order valence-electron chi connectivity index (χ4n) is 3.24. The highest BCUT2D eigenvalue weighted by Crippen LogP contribution is 2.33. The third kappa shape index (κ3) is 1.46. The van der Waals surface area contributed by atoms with Gasteiger partial charge in [0.05, 0.1) is 0 Å². The van der Waals surface area contributed by atoms with Gasteiger partial charge in [-0.25, -0.2) is 8.78 Å². The van der Waals surface area contributed by atoms with Crippen molar-refractivity contribution < 1.29 is 8.78 Å². The molecule has 3 aromatic carbocycles. The molecule has 0 bridgehead atoms. The quantitative estimate of drug-likeness (QED) is 0.391. The third-order valence-electron chi connectivity index (χ3n) is 4.24. The largest absolute Gasteiger partial charge is 0.354 e. The van der Waals surface area contributed by atoms with E-state index in [1.807, 2.05) is 12.1 Å². The van der Waals surface area contributed by atoms with Crippen LogP contribution in [0.4, 0.5) is 8.78 Å². The van der Waals surface area contributed by atoms with E-state index in [4.69, 9.17) is 0 Å². The van der Waals surface area contributed by atoms with E-state index in [1.165, 1.54) is 24.3 Å². The molecular formula is C18H10F2N2. The number of hydrogen-bond donors (Lipinski definition) is 2. The standard InChI is InChI=1S/C18H10F2N2/c19-9-1-3-15-11(5-9)13-7-14-12-6-10(20)2-4-16(12)22-18(14)8-17(13)21-15/h1-8,21-22H. The molecule has 0 fully saturated rings. The second-order valence-corrected chi connectivity index (χ2v) is 5.57. The lowest BCUT2D eigenvalue weighted by molar-refractivity contribution is 0.629. The molecule has 0 aliphatic carbocycles. The molecular weight excluding hydrogens is 282 g/mol. The second kappa shape index (κ2) is 3.85. The summed E-state index contributed by atoms with van der Waals surface area (Å²) in [4.78, 5) is 6.58. The number of nitrogens with one attached hydrogen (secondary N) is 2. The van der Waals surface area contributed by atoms with E-state index in [9.17, 15) is 8.78 Å². The number of H-pyrrole nitrogens is 2. The summed E-state index contributed by atoms with van der Waals surface area (Å²) in [5, 5.41) is 3.55. The monoisotopic (exact) mass is 292 g/mol. The molecule has 0 aliphatic rings. The van der Waals surface area contributed by atoms with Crippen molar-refractivity contribution in [3.63, 3.8) is 0 Å². The number of halogens is 2. The summed E-state index contributed by atoms with van der Waals surface area (Å²) in [5.41, 5.74) is 3.64. The van der Waals surface area contributed by atoms with Crippen LogP contribution >= 0.6 is 0 Å². The average molecular weight is 292 g/mol. The van der Waals surface area contributed by atoms with Gasteiger partial charge in [-0.1, -0.05) is 0 Å². The predicted molar refractivity (Wildman–Crippen MR) is 85.1 cm³/mol. The third-order valence-corrected chi connectivity index (χ3v) is 4.24. The first-order valence-corrected chi connectivity index (χ1v) is 7.01. The van der Waals surface area contributed by atoms with Gasteiger partial charge in [0.15, 0.2) is 0 Å². The van der Waals surface area contributed by atoms with Gasteiger partial charge in [-0.05, 0) is 48.5 Å². The molecule has 0 aliphatic heterocycles. The Morgan fingerprint density at radius 1 is 0.500 bits per heavy atom. The highest BCUT2D eigenvalue weighted by molar-refractivity contribution is 6.17. The molecule has 22 heavy (non-hydrogen) atoms. The first kappa shape index (κ1) is 11.7. The van der Waals surface area contributed by atoms with Crippen molar-refractivity contribution in [3.05, 3.63) is 60.2 Å². The van der Waals surface area contributed by atoms with Crippen LogP contribution in [0.2, 0.25) is 0 Å². The SMILES string of the molecule is Fc1ccc2[nH]c3cc4[nH]c5ccc(F)cc5c4cc3c2c1. The van der Waals surface area contributed by atoms with Crippen LogP contribution in [-0.2, 0) is 0 Å². The van der Waals surface area contributed by atoms with Gasteiger partial charge in [0.25, 0.3) is 0 Å². The molecule has 5 rings (SSSR count). The van der Waals surface area contributed by atoms with E-state index in [2.05, 4.69) is 9.97 Å². The minimum absolute atomic E-state index is 0.265. The van der Waals surface area contributed by atoms with Crippen LogP contribution in [0.15, 0.2) is 48.5 Å². The van der Waals surface area contributed by atoms with E-state index < -0.39 is 0 Å². The first-order valence-electron chi connectivity index (χ1n) is 7.01. The Kier molecular flexibility index (Phi) is 2.06. The summed E-state index contributed by atoms with van der Waals surface area (Å²) < 4.78 is 27.1. The summed E-state index contributed by atoms with van der Waals surface area (Å²) in [6.07, 6.45) is 0. The van der Waals surface area contributed by atoms with E-state index in [0.29, 0.717) is 0 Å². The van der Waals surface area contributed by atoms with Crippen molar-refractivity contribution in [2.75, 3.05) is 0 Å². The Morgan fingerprint density at radius 3 is 1.45 bits per heavy atom. The summed E-state index contributed by atoms with van der Waals surface area (Å²) in [6.45, 7) is 0. The van der Waals surface area contributed by atoms with Gasteiger partial charge in [0.1, 0.15) is 11.6 Å². The summed E-state index contributed by atoms with van der Waals surface area (Å²) in [6, 6.07) is 13.4. The lowest BCUT2D eigenvalue weighted by Crippen LogP contribution is -1.73. The topological polar surface area (TPSA) is 31.6 Å². The van der Waals surface area contributed by atoms with Gasteiger partial charge < -0.3 is 9.97 Å². The normalized spacial score (nSPS) is 12.1. The minimum Gasteiger partial charge on any atom is -0.354 e. The number of aromatic amines is 2. The molecule has 2 heterocycles. The Balaban J connectivity index is 2.00.